The Balaban J connectivity index is 4.00. The zero-order chi connectivity index (χ0) is 58.2. The van der Waals surface area contributed by atoms with Crippen LogP contribution < -0.4 is 26.6 Å². The normalized spacial score (nSPS) is 12.6. The topological polar surface area (TPSA) is 386 Å². The molecule has 25 heteroatoms. The molecule has 25 nitrogen and oxygen atoms in total. The molecule has 10 N–H and O–H groups in total. The number of aliphatic carboxylic acids is 4. The molecule has 0 bridgehead atoms. The molecule has 4 amide bonds. The van der Waals surface area contributed by atoms with Gasteiger partial charge in [-0.25, -0.2) is 9.59 Å². The van der Waals surface area contributed by atoms with Crippen molar-refractivity contribution >= 4 is 64.9 Å². The highest BCUT2D eigenvalue weighted by Gasteiger charge is 2.26. The molecule has 0 unspecified atom stereocenters. The number of rotatable bonds is 56. The fourth-order valence-electron chi connectivity index (χ4n) is 7.87. The summed E-state index contributed by atoms with van der Waals surface area (Å²) in [5.41, 5.74) is 0. The molecule has 0 aromatic heterocycles. The van der Waals surface area contributed by atoms with Crippen LogP contribution in [-0.4, -0.2) is 188 Å². The van der Waals surface area contributed by atoms with E-state index in [9.17, 15) is 68.1 Å². The molecule has 0 aromatic carbocycles. The summed E-state index contributed by atoms with van der Waals surface area (Å²) in [7, 11) is 1.61. The van der Waals surface area contributed by atoms with Gasteiger partial charge in [0.05, 0.1) is 45.0 Å². The van der Waals surface area contributed by atoms with Crippen LogP contribution in [0.2, 0.25) is 0 Å². The van der Waals surface area contributed by atoms with Gasteiger partial charge in [0.2, 0.25) is 23.6 Å². The number of nitrogens with one attached hydrogen (secondary N) is 5. The third-order valence-electron chi connectivity index (χ3n) is 12.4. The molecule has 0 radical (unpaired) electrons. The Morgan fingerprint density at radius 2 is 0.897 bits per heavy atom. The molecule has 0 rings (SSSR count). The van der Waals surface area contributed by atoms with E-state index in [4.69, 9.17) is 29.2 Å². The zero-order valence-corrected chi connectivity index (χ0v) is 45.8. The van der Waals surface area contributed by atoms with Crippen LogP contribution in [0.1, 0.15) is 167 Å². The van der Waals surface area contributed by atoms with E-state index in [0.717, 1.165) is 70.6 Å². The van der Waals surface area contributed by atoms with E-state index in [1.165, 1.54) is 0 Å². The maximum absolute atomic E-state index is 12.6. The molecule has 448 valence electrons. The van der Waals surface area contributed by atoms with E-state index in [1.54, 1.807) is 7.05 Å². The zero-order valence-electron chi connectivity index (χ0n) is 45.8. The van der Waals surface area contributed by atoms with E-state index >= 15 is 0 Å². The van der Waals surface area contributed by atoms with Crippen LogP contribution >= 0.6 is 0 Å². The number of ketones is 3. The van der Waals surface area contributed by atoms with Crippen molar-refractivity contribution in [2.24, 2.45) is 5.92 Å². The van der Waals surface area contributed by atoms with Crippen molar-refractivity contribution in [1.29, 1.82) is 0 Å². The average molecular weight is 1120 g/mol. The predicted molar refractivity (Wildman–Crippen MR) is 282 cm³/mol. The fourth-order valence-corrected chi connectivity index (χ4v) is 7.87. The molecular formula is C53H91N5O20. The first-order valence-corrected chi connectivity index (χ1v) is 27.6. The van der Waals surface area contributed by atoms with Crippen molar-refractivity contribution in [2.75, 3.05) is 79.6 Å². The molecule has 0 aliphatic heterocycles. The number of carboxylic acid groups (broad SMARTS) is 4. The molecule has 0 aliphatic rings. The maximum atomic E-state index is 12.6. The van der Waals surface area contributed by atoms with Gasteiger partial charge in [0.1, 0.15) is 37.7 Å². The molecule has 78 heavy (non-hydrogen) atoms. The van der Waals surface area contributed by atoms with Crippen LogP contribution in [0.3, 0.4) is 0 Å². The highest BCUT2D eigenvalue weighted by molar-refractivity contribution is 5.87. The quantitative estimate of drug-likeness (QED) is 0.0391. The molecule has 4 atom stereocenters. The summed E-state index contributed by atoms with van der Waals surface area (Å²) in [6.07, 6.45) is 13.2. The predicted octanol–water partition coefficient (Wildman–Crippen LogP) is 2.64. The second-order valence-electron chi connectivity index (χ2n) is 19.1. The smallest absolute Gasteiger partial charge is 0.326 e. The number of aliphatic hydroxyl groups excluding tert-OH is 1. The first-order valence-electron chi connectivity index (χ1n) is 27.6. The van der Waals surface area contributed by atoms with Crippen LogP contribution in [0.15, 0.2) is 0 Å². The van der Waals surface area contributed by atoms with Gasteiger partial charge in [0, 0.05) is 64.6 Å². The number of likely N-dealkylation sites (N-methyl/N-ethyl adjacent to an activating group) is 1. The van der Waals surface area contributed by atoms with Gasteiger partial charge in [0.25, 0.3) is 0 Å². The van der Waals surface area contributed by atoms with Gasteiger partial charge in [-0.3, -0.25) is 43.2 Å². The minimum Gasteiger partial charge on any atom is -0.481 e. The van der Waals surface area contributed by atoms with Crippen molar-refractivity contribution in [2.45, 2.75) is 185 Å². The number of amides is 4. The Morgan fingerprint density at radius 3 is 1.45 bits per heavy atom. The van der Waals surface area contributed by atoms with Gasteiger partial charge in [-0.1, -0.05) is 64.2 Å². The van der Waals surface area contributed by atoms with Crippen molar-refractivity contribution in [3.63, 3.8) is 0 Å². The Bertz CT molecular complexity index is 1770. The van der Waals surface area contributed by atoms with Crippen molar-refractivity contribution < 1.29 is 97.2 Å². The third kappa shape index (κ3) is 43.5. The van der Waals surface area contributed by atoms with Gasteiger partial charge in [-0.15, -0.1) is 0 Å². The molecule has 0 saturated carbocycles. The lowest BCUT2D eigenvalue weighted by Gasteiger charge is -2.16. The number of hydrogen-bond donors (Lipinski definition) is 10. The Kier molecular flexibility index (Phi) is 45.2. The highest BCUT2D eigenvalue weighted by Crippen LogP contribution is 2.16. The lowest BCUT2D eigenvalue weighted by Crippen LogP contribution is -2.42. The van der Waals surface area contributed by atoms with Crippen molar-refractivity contribution in [1.82, 2.24) is 26.6 Å². The van der Waals surface area contributed by atoms with Crippen LogP contribution in [-0.2, 0) is 71.7 Å². The first kappa shape index (κ1) is 72.5. The summed E-state index contributed by atoms with van der Waals surface area (Å²) in [6, 6.07) is -3.11. The number of carbonyl (C=O) groups excluding carboxylic acids is 7. The third-order valence-corrected chi connectivity index (χ3v) is 12.4. The van der Waals surface area contributed by atoms with E-state index in [-0.39, 0.29) is 128 Å². The minimum atomic E-state index is -1.44. The monoisotopic (exact) mass is 1120 g/mol. The number of carboxylic acids is 4. The van der Waals surface area contributed by atoms with Gasteiger partial charge in [0.15, 0.2) is 11.6 Å². The molecule has 0 saturated heterocycles. The largest absolute Gasteiger partial charge is 0.481 e. The molecule has 0 fully saturated rings. The molecule has 0 aromatic rings. The summed E-state index contributed by atoms with van der Waals surface area (Å²) in [5, 5.41) is 59.2. The Labute approximate surface area is 458 Å². The summed E-state index contributed by atoms with van der Waals surface area (Å²) >= 11 is 0. The van der Waals surface area contributed by atoms with Crippen molar-refractivity contribution in [3.8, 4) is 0 Å². The van der Waals surface area contributed by atoms with E-state index in [0.29, 0.717) is 38.6 Å². The van der Waals surface area contributed by atoms with Crippen molar-refractivity contribution in [3.05, 3.63) is 0 Å². The summed E-state index contributed by atoms with van der Waals surface area (Å²) in [5.74, 6) is -8.79. The lowest BCUT2D eigenvalue weighted by molar-refractivity contribution is -0.145. The van der Waals surface area contributed by atoms with Gasteiger partial charge in [-0.05, 0) is 64.8 Å². The van der Waals surface area contributed by atoms with E-state index < -0.39 is 91.1 Å². The minimum absolute atomic E-state index is 0.0129. The number of aliphatic hydroxyl groups is 1. The number of carbonyl (C=O) groups is 11. The van der Waals surface area contributed by atoms with Crippen LogP contribution in [0.5, 0.6) is 0 Å². The number of Topliss-reactive ketones (excluding diaryl/α,β-unsaturated/α-hetero) is 3. The number of ether oxygens (including phenoxy) is 4. The lowest BCUT2D eigenvalue weighted by atomic mass is 9.94. The maximum Gasteiger partial charge on any atom is 0.326 e. The molecule has 0 aliphatic carbocycles. The Hall–Kier alpha value is -5.47. The highest BCUT2D eigenvalue weighted by atomic mass is 16.5. The second kappa shape index (κ2) is 48.6. The summed E-state index contributed by atoms with van der Waals surface area (Å²) < 4.78 is 21.4. The van der Waals surface area contributed by atoms with Gasteiger partial charge in [-0.2, -0.15) is 0 Å². The average Bonchev–Trinajstić information content (AvgIpc) is 3.39. The van der Waals surface area contributed by atoms with Gasteiger partial charge < -0.3 is 71.1 Å². The van der Waals surface area contributed by atoms with Crippen LogP contribution in [0.4, 0.5) is 0 Å². The van der Waals surface area contributed by atoms with E-state index in [1.807, 2.05) is 0 Å². The first-order chi connectivity index (χ1) is 37.4. The molecule has 0 heterocycles. The standard InChI is InChI=1S/C53H91N5O20/c1-54-42(45(62)36-59)18-14-15-27-55-46(63)25-21-39(51(69)70)35-40(60)22-23-43(52(71)72)58-49(66)38-78-34-31-75-29-16-17-41(61)37-77-33-32-76-30-28-56-47(64)26-24-44(53(73)74)57-48(65)19-12-10-8-6-4-2-3-5-7-9-11-13-20-50(67)68/h39,42-44,54,59H,2-38H2,1H3,(H,55,63)(H,56,64)(H,57,65)(H,58,66)(H,67,68)(H,69,70)(H,71,72)(H,73,74)/t39-,42+,43+,44+/m1/s1. The van der Waals surface area contributed by atoms with Crippen LogP contribution in [0, 0.1) is 5.92 Å². The van der Waals surface area contributed by atoms with E-state index in [2.05, 4.69) is 26.6 Å². The van der Waals surface area contributed by atoms with Gasteiger partial charge >= 0.3 is 23.9 Å². The Morgan fingerprint density at radius 1 is 0.397 bits per heavy atom. The SMILES string of the molecule is CN[C@@H](CCCCNC(=O)CC[C@H](CC(=O)CC[C@H](NC(=O)COCCOCCCC(=O)COCCOCCNC(=O)CC[C@H](NC(=O)CCCCCCCCCCCCCCC(=O)O)C(=O)O)C(=O)O)C(=O)O)C(=O)CO. The summed E-state index contributed by atoms with van der Waals surface area (Å²) in [6.45, 7) is -0.0174. The summed E-state index contributed by atoms with van der Waals surface area (Å²) in [4.78, 5) is 131. The second-order valence-corrected chi connectivity index (χ2v) is 19.1. The number of hydrogen-bond acceptors (Lipinski definition) is 17. The number of unbranched alkanes of at least 4 members (excludes halogenated alkanes) is 12. The molecule has 0 spiro atoms. The molecular weight excluding hydrogens is 1030 g/mol. The fraction of sp³-hybridized carbons (Fsp3) is 0.792. The van der Waals surface area contributed by atoms with Crippen LogP contribution in [0.25, 0.3) is 0 Å².